The van der Waals surface area contributed by atoms with Crippen molar-refractivity contribution in [1.82, 2.24) is 0 Å². The highest BCUT2D eigenvalue weighted by atomic mass is 16.6. The van der Waals surface area contributed by atoms with Crippen LogP contribution in [0.4, 0.5) is 0 Å². The van der Waals surface area contributed by atoms with Crippen molar-refractivity contribution >= 4 is 11.8 Å². The topological polar surface area (TPSA) is 43.4 Å². The Morgan fingerprint density at radius 2 is 1.44 bits per heavy atom. The summed E-state index contributed by atoms with van der Waals surface area (Å²) >= 11 is 0. The van der Waals surface area contributed by atoms with Crippen molar-refractivity contribution in [2.45, 2.75) is 72.8 Å². The lowest BCUT2D eigenvalue weighted by Crippen LogP contribution is -2.23. The summed E-state index contributed by atoms with van der Waals surface area (Å²) in [5, 5.41) is 0. The maximum Gasteiger partial charge on any atom is 0.306 e. The standard InChI is InChI=1S/C8H16O2.C5H10O/c1-5-6-7(9)10-8(2,3)4;1-3-5(6)4-2/h5-6H2,1-4H3;3-4H2,1-2H3. The van der Waals surface area contributed by atoms with Crippen molar-refractivity contribution < 1.29 is 14.3 Å². The molecular weight excluding hydrogens is 204 g/mol. The molecule has 0 aliphatic rings. The number of carbonyl (C=O) groups excluding carboxylic acids is 2. The van der Waals surface area contributed by atoms with Gasteiger partial charge in [-0.05, 0) is 27.2 Å². The van der Waals surface area contributed by atoms with E-state index in [0.29, 0.717) is 25.0 Å². The molecule has 3 heteroatoms. The number of ketones is 1. The van der Waals surface area contributed by atoms with Gasteiger partial charge in [-0.15, -0.1) is 0 Å². The molecule has 0 radical (unpaired) electrons. The first-order chi connectivity index (χ1) is 7.26. The summed E-state index contributed by atoms with van der Waals surface area (Å²) in [7, 11) is 0. The third-order valence-corrected chi connectivity index (χ3v) is 1.66. The number of hydrogen-bond donors (Lipinski definition) is 0. The van der Waals surface area contributed by atoms with Gasteiger partial charge in [0, 0.05) is 19.3 Å². The van der Waals surface area contributed by atoms with E-state index in [1.165, 1.54) is 0 Å². The molecule has 0 atom stereocenters. The Hall–Kier alpha value is -0.860. The molecule has 0 spiro atoms. The number of esters is 1. The fourth-order valence-electron chi connectivity index (χ4n) is 0.847. The molecule has 0 unspecified atom stereocenters. The third-order valence-electron chi connectivity index (χ3n) is 1.66. The second-order valence-electron chi connectivity index (χ2n) is 4.58. The molecule has 16 heavy (non-hydrogen) atoms. The average molecular weight is 230 g/mol. The molecule has 0 heterocycles. The number of ether oxygens (including phenoxy) is 1. The Morgan fingerprint density at radius 3 is 1.62 bits per heavy atom. The molecule has 3 nitrogen and oxygen atoms in total. The van der Waals surface area contributed by atoms with E-state index < -0.39 is 0 Å². The van der Waals surface area contributed by atoms with Crippen LogP contribution >= 0.6 is 0 Å². The fraction of sp³-hybridized carbons (Fsp3) is 0.846. The van der Waals surface area contributed by atoms with Gasteiger partial charge >= 0.3 is 5.97 Å². The fourth-order valence-corrected chi connectivity index (χ4v) is 0.847. The van der Waals surface area contributed by atoms with Crippen molar-refractivity contribution in [3.05, 3.63) is 0 Å². The van der Waals surface area contributed by atoms with Crippen molar-refractivity contribution in [3.63, 3.8) is 0 Å². The van der Waals surface area contributed by atoms with Gasteiger partial charge in [-0.1, -0.05) is 20.8 Å². The molecule has 0 fully saturated rings. The van der Waals surface area contributed by atoms with Crippen LogP contribution in [0.2, 0.25) is 0 Å². The van der Waals surface area contributed by atoms with E-state index in [4.69, 9.17) is 4.74 Å². The Bertz CT molecular complexity index is 196. The van der Waals surface area contributed by atoms with Gasteiger partial charge in [0.15, 0.2) is 0 Å². The van der Waals surface area contributed by atoms with E-state index in [1.54, 1.807) is 0 Å². The highest BCUT2D eigenvalue weighted by molar-refractivity contribution is 5.77. The Balaban J connectivity index is 0. The van der Waals surface area contributed by atoms with Crippen LogP contribution in [0.1, 0.15) is 67.2 Å². The molecule has 0 aromatic rings. The largest absolute Gasteiger partial charge is 0.460 e. The predicted octanol–water partition coefficient (Wildman–Crippen LogP) is 3.50. The predicted molar refractivity (Wildman–Crippen MR) is 66.3 cm³/mol. The number of Topliss-reactive ketones (excluding diaryl/α,β-unsaturated/α-hetero) is 1. The number of hydrogen-bond acceptors (Lipinski definition) is 3. The second-order valence-corrected chi connectivity index (χ2v) is 4.58. The van der Waals surface area contributed by atoms with Crippen LogP contribution in [0.25, 0.3) is 0 Å². The summed E-state index contributed by atoms with van der Waals surface area (Å²) in [5.41, 5.74) is -0.327. The summed E-state index contributed by atoms with van der Waals surface area (Å²) < 4.78 is 5.04. The van der Waals surface area contributed by atoms with E-state index in [0.717, 1.165) is 6.42 Å². The highest BCUT2D eigenvalue weighted by Gasteiger charge is 2.14. The summed E-state index contributed by atoms with van der Waals surface area (Å²) in [6.45, 7) is 11.4. The van der Waals surface area contributed by atoms with Gasteiger partial charge < -0.3 is 4.74 Å². The van der Waals surface area contributed by atoms with E-state index >= 15 is 0 Å². The van der Waals surface area contributed by atoms with Crippen LogP contribution < -0.4 is 0 Å². The molecule has 0 saturated heterocycles. The summed E-state index contributed by atoms with van der Waals surface area (Å²) in [4.78, 5) is 21.0. The van der Waals surface area contributed by atoms with Crippen molar-refractivity contribution in [1.29, 1.82) is 0 Å². The van der Waals surface area contributed by atoms with Crippen LogP contribution in [-0.2, 0) is 14.3 Å². The Kier molecular flexibility index (Phi) is 10.3. The molecule has 0 amide bonds. The van der Waals surface area contributed by atoms with E-state index in [1.807, 2.05) is 41.5 Å². The van der Waals surface area contributed by atoms with E-state index in [2.05, 4.69) is 0 Å². The van der Waals surface area contributed by atoms with Crippen LogP contribution in [0.15, 0.2) is 0 Å². The highest BCUT2D eigenvalue weighted by Crippen LogP contribution is 2.08. The summed E-state index contributed by atoms with van der Waals surface area (Å²) in [6, 6.07) is 0. The first kappa shape index (κ1) is 17.5. The van der Waals surface area contributed by atoms with Gasteiger partial charge in [-0.25, -0.2) is 0 Å². The summed E-state index contributed by atoms with van der Waals surface area (Å²) in [6.07, 6.45) is 2.76. The molecule has 0 aliphatic heterocycles. The zero-order chi connectivity index (χ0) is 13.2. The molecular formula is C13H26O3. The van der Waals surface area contributed by atoms with Crippen LogP contribution in [0, 0.1) is 0 Å². The molecule has 0 aromatic heterocycles. The van der Waals surface area contributed by atoms with E-state index in [-0.39, 0.29) is 11.6 Å². The van der Waals surface area contributed by atoms with E-state index in [9.17, 15) is 9.59 Å². The lowest BCUT2D eigenvalue weighted by molar-refractivity contribution is -0.154. The van der Waals surface area contributed by atoms with Gasteiger partial charge in [0.1, 0.15) is 11.4 Å². The minimum Gasteiger partial charge on any atom is -0.460 e. The smallest absolute Gasteiger partial charge is 0.306 e. The maximum atomic E-state index is 10.8. The van der Waals surface area contributed by atoms with Gasteiger partial charge in [0.25, 0.3) is 0 Å². The zero-order valence-electron chi connectivity index (χ0n) is 11.6. The van der Waals surface area contributed by atoms with Crippen molar-refractivity contribution in [2.24, 2.45) is 0 Å². The quantitative estimate of drug-likeness (QED) is 0.694. The minimum atomic E-state index is -0.327. The number of rotatable bonds is 4. The second kappa shape index (κ2) is 9.37. The first-order valence-corrected chi connectivity index (χ1v) is 6.00. The molecule has 0 rings (SSSR count). The lowest BCUT2D eigenvalue weighted by Gasteiger charge is -2.18. The Morgan fingerprint density at radius 1 is 1.00 bits per heavy atom. The molecule has 0 N–H and O–H groups in total. The molecule has 0 aromatic carbocycles. The van der Waals surface area contributed by atoms with Gasteiger partial charge in [-0.2, -0.15) is 0 Å². The Labute approximate surface area is 99.6 Å². The molecule has 0 aliphatic carbocycles. The molecule has 96 valence electrons. The van der Waals surface area contributed by atoms with Crippen molar-refractivity contribution in [2.75, 3.05) is 0 Å². The number of carbonyl (C=O) groups is 2. The maximum absolute atomic E-state index is 10.8. The van der Waals surface area contributed by atoms with Gasteiger partial charge in [0.2, 0.25) is 0 Å². The lowest BCUT2D eigenvalue weighted by atomic mass is 10.2. The van der Waals surface area contributed by atoms with Crippen LogP contribution in [0.5, 0.6) is 0 Å². The first-order valence-electron chi connectivity index (χ1n) is 6.00. The van der Waals surface area contributed by atoms with Crippen molar-refractivity contribution in [3.8, 4) is 0 Å². The minimum absolute atomic E-state index is 0.102. The van der Waals surface area contributed by atoms with Crippen LogP contribution in [-0.4, -0.2) is 17.4 Å². The van der Waals surface area contributed by atoms with Crippen LogP contribution in [0.3, 0.4) is 0 Å². The normalized spacial score (nSPS) is 10.1. The molecule has 0 bridgehead atoms. The average Bonchev–Trinajstić information content (AvgIpc) is 2.15. The van der Waals surface area contributed by atoms with Gasteiger partial charge in [0.05, 0.1) is 0 Å². The molecule has 0 saturated carbocycles. The third kappa shape index (κ3) is 15.6. The summed E-state index contributed by atoms with van der Waals surface area (Å²) in [5.74, 6) is 0.241. The zero-order valence-corrected chi connectivity index (χ0v) is 11.6. The SMILES string of the molecule is CCC(=O)CC.CCCC(=O)OC(C)(C)C. The van der Waals surface area contributed by atoms with Gasteiger partial charge in [-0.3, -0.25) is 9.59 Å². The monoisotopic (exact) mass is 230 g/mol.